The Hall–Kier alpha value is -2.72. The number of halogens is 2. The second-order valence-electron chi connectivity index (χ2n) is 8.25. The molecule has 3 N–H and O–H groups in total. The maximum Gasteiger partial charge on any atom is 0.332 e. The molecule has 186 valence electrons. The Balaban J connectivity index is 1.71. The van der Waals surface area contributed by atoms with Gasteiger partial charge in [-0.2, -0.15) is 13.4 Å². The normalized spacial score (nSPS) is 15.4. The zero-order chi connectivity index (χ0) is 27.9. The van der Waals surface area contributed by atoms with Crippen LogP contribution in [0, 0.1) is 0 Å². The highest BCUT2D eigenvalue weighted by Gasteiger charge is 2.22. The standard InChI is InChI=1S/C22H24ClFN5O4PS/c1-33-19-9-13-6-7-25-11-14(13)8-18(19)28-22-26-12-16(23)21(29-22)27-17-5-4-15(35(24,31)32)10-20(17)34(2,3)30/h4-5,8-10,12,25H,6-7,11H2,1-3H3,(H2,26,27,28,29)/i1D3. The number of anilines is 4. The van der Waals surface area contributed by atoms with Gasteiger partial charge in [-0.3, -0.25) is 0 Å². The van der Waals surface area contributed by atoms with E-state index in [4.69, 9.17) is 20.5 Å². The van der Waals surface area contributed by atoms with Crippen molar-refractivity contribution in [3.8, 4) is 5.75 Å². The van der Waals surface area contributed by atoms with E-state index in [-0.39, 0.29) is 33.5 Å². The van der Waals surface area contributed by atoms with E-state index in [1.807, 2.05) is 0 Å². The number of methoxy groups -OCH3 is 1. The molecule has 2 aromatic carbocycles. The first-order chi connectivity index (χ1) is 17.6. The van der Waals surface area contributed by atoms with E-state index < -0.39 is 29.3 Å². The lowest BCUT2D eigenvalue weighted by Crippen LogP contribution is -2.23. The second-order valence-corrected chi connectivity index (χ2v) is 13.2. The van der Waals surface area contributed by atoms with Crippen LogP contribution in [0.15, 0.2) is 41.4 Å². The van der Waals surface area contributed by atoms with Gasteiger partial charge in [-0.25, -0.2) is 4.98 Å². The van der Waals surface area contributed by atoms with E-state index in [0.717, 1.165) is 29.8 Å². The predicted octanol–water partition coefficient (Wildman–Crippen LogP) is 4.18. The number of nitrogens with one attached hydrogen (secondary N) is 3. The van der Waals surface area contributed by atoms with Crippen LogP contribution >= 0.6 is 18.7 Å². The molecule has 0 radical (unpaired) electrons. The third-order valence-corrected chi connectivity index (χ3v) is 8.00. The number of aromatic nitrogens is 2. The Morgan fingerprint density at radius 3 is 2.71 bits per heavy atom. The lowest BCUT2D eigenvalue weighted by molar-refractivity contribution is 0.415. The van der Waals surface area contributed by atoms with Gasteiger partial charge in [0.1, 0.15) is 17.9 Å². The molecule has 9 nitrogen and oxygen atoms in total. The average Bonchev–Trinajstić information content (AvgIpc) is 2.79. The van der Waals surface area contributed by atoms with E-state index in [0.29, 0.717) is 18.7 Å². The molecule has 0 fully saturated rings. The van der Waals surface area contributed by atoms with Gasteiger partial charge in [0.2, 0.25) is 5.95 Å². The molecule has 4 rings (SSSR count). The summed E-state index contributed by atoms with van der Waals surface area (Å²) in [6.45, 7) is 4.17. The van der Waals surface area contributed by atoms with Crippen LogP contribution in [0.1, 0.15) is 15.2 Å². The molecule has 0 bridgehead atoms. The Kier molecular flexibility index (Phi) is 5.99. The molecule has 2 heterocycles. The van der Waals surface area contributed by atoms with Gasteiger partial charge in [-0.1, -0.05) is 11.6 Å². The highest BCUT2D eigenvalue weighted by molar-refractivity contribution is 7.86. The van der Waals surface area contributed by atoms with Crippen molar-refractivity contribution in [2.24, 2.45) is 0 Å². The summed E-state index contributed by atoms with van der Waals surface area (Å²) in [7, 11) is -10.8. The topological polar surface area (TPSA) is 122 Å². The molecule has 0 atom stereocenters. The molecule has 1 aliphatic heterocycles. The molecule has 35 heavy (non-hydrogen) atoms. The van der Waals surface area contributed by atoms with Crippen LogP contribution in [-0.4, -0.2) is 45.3 Å². The van der Waals surface area contributed by atoms with Gasteiger partial charge in [-0.15, -0.1) is 3.89 Å². The number of rotatable bonds is 7. The minimum Gasteiger partial charge on any atom is -0.495 e. The van der Waals surface area contributed by atoms with Gasteiger partial charge in [0, 0.05) is 11.8 Å². The van der Waals surface area contributed by atoms with Gasteiger partial charge in [-0.05, 0) is 67.8 Å². The summed E-state index contributed by atoms with van der Waals surface area (Å²) in [5, 5.41) is 9.29. The number of hydrogen-bond donors (Lipinski definition) is 3. The van der Waals surface area contributed by atoms with E-state index in [2.05, 4.69) is 25.9 Å². The quantitative estimate of drug-likeness (QED) is 0.298. The Morgan fingerprint density at radius 2 is 2.00 bits per heavy atom. The Bertz CT molecular complexity index is 1550. The molecule has 0 saturated heterocycles. The molecular formula is C22H24ClFN5O4PS. The first-order valence-corrected chi connectivity index (χ1v) is 14.7. The largest absolute Gasteiger partial charge is 0.495 e. The number of benzene rings is 2. The van der Waals surface area contributed by atoms with Gasteiger partial charge in [0.05, 0.1) is 33.6 Å². The minimum absolute atomic E-state index is 0.0386. The van der Waals surface area contributed by atoms with Crippen LogP contribution in [0.5, 0.6) is 5.75 Å². The van der Waals surface area contributed by atoms with Gasteiger partial charge in [0.25, 0.3) is 0 Å². The number of fused-ring (bicyclic) bond motifs is 1. The highest BCUT2D eigenvalue weighted by atomic mass is 35.5. The molecule has 0 amide bonds. The molecule has 13 heteroatoms. The molecule has 0 aliphatic carbocycles. The molecule has 0 spiro atoms. The van der Waals surface area contributed by atoms with Crippen molar-refractivity contribution < 1.29 is 25.7 Å². The zero-order valence-electron chi connectivity index (χ0n) is 21.7. The van der Waals surface area contributed by atoms with Crippen molar-refractivity contribution in [1.82, 2.24) is 15.3 Å². The van der Waals surface area contributed by atoms with Crippen molar-refractivity contribution in [1.29, 1.82) is 0 Å². The van der Waals surface area contributed by atoms with Crippen molar-refractivity contribution >= 4 is 57.4 Å². The highest BCUT2D eigenvalue weighted by Crippen LogP contribution is 2.40. The van der Waals surface area contributed by atoms with Crippen LogP contribution in [0.4, 0.5) is 27.0 Å². The summed E-state index contributed by atoms with van der Waals surface area (Å²) in [5.41, 5.74) is 2.45. The van der Waals surface area contributed by atoms with Crippen LogP contribution in [0.25, 0.3) is 0 Å². The van der Waals surface area contributed by atoms with Gasteiger partial charge >= 0.3 is 10.2 Å². The fourth-order valence-corrected chi connectivity index (χ4v) is 5.55. The Morgan fingerprint density at radius 1 is 1.20 bits per heavy atom. The fraction of sp³-hybridized carbons (Fsp3) is 0.273. The number of ether oxygens (including phenoxy) is 1. The first kappa shape index (κ1) is 21.6. The molecule has 1 aromatic heterocycles. The molecule has 1 aliphatic rings. The SMILES string of the molecule is [2H]C([2H])([2H])Oc1cc2c(cc1Nc1ncc(Cl)c(Nc3ccc(S(=O)(=O)F)cc3P(C)(C)=O)n1)CNCC2. The number of hydrogen-bond acceptors (Lipinski definition) is 9. The average molecular weight is 543 g/mol. The van der Waals surface area contributed by atoms with Crippen LogP contribution in [0.2, 0.25) is 5.02 Å². The molecule has 0 unspecified atom stereocenters. The summed E-state index contributed by atoms with van der Waals surface area (Å²) in [6.07, 6.45) is 2.00. The second kappa shape index (κ2) is 9.73. The summed E-state index contributed by atoms with van der Waals surface area (Å²) in [5.74, 6) is 0.214. The zero-order valence-corrected chi connectivity index (χ0v) is 21.2. The van der Waals surface area contributed by atoms with Crippen LogP contribution in [-0.2, 0) is 27.8 Å². The van der Waals surface area contributed by atoms with Crippen LogP contribution in [0.3, 0.4) is 0 Å². The van der Waals surface area contributed by atoms with Crippen molar-refractivity contribution in [2.75, 3.05) is 37.5 Å². The monoisotopic (exact) mass is 542 g/mol. The maximum atomic E-state index is 13.6. The summed E-state index contributed by atoms with van der Waals surface area (Å²) >= 11 is 6.29. The van der Waals surface area contributed by atoms with E-state index >= 15 is 0 Å². The lowest BCUT2D eigenvalue weighted by Gasteiger charge is -2.20. The Labute approximate surface area is 212 Å². The molecular weight excluding hydrogens is 516 g/mol. The molecule has 0 saturated carbocycles. The van der Waals surface area contributed by atoms with Gasteiger partial charge in [0.15, 0.2) is 5.82 Å². The summed E-state index contributed by atoms with van der Waals surface area (Å²) < 4.78 is 77.0. The third-order valence-electron chi connectivity index (χ3n) is 5.37. The fourth-order valence-electron chi connectivity index (χ4n) is 3.67. The summed E-state index contributed by atoms with van der Waals surface area (Å²) in [4.78, 5) is 7.88. The minimum atomic E-state index is -5.02. The van der Waals surface area contributed by atoms with Crippen molar-refractivity contribution in [3.05, 3.63) is 52.7 Å². The van der Waals surface area contributed by atoms with Crippen molar-refractivity contribution in [2.45, 2.75) is 17.9 Å². The van der Waals surface area contributed by atoms with Gasteiger partial charge < -0.3 is 25.3 Å². The smallest absolute Gasteiger partial charge is 0.332 e. The lowest BCUT2D eigenvalue weighted by atomic mass is 10.00. The van der Waals surface area contributed by atoms with Crippen LogP contribution < -0.4 is 26.0 Å². The van der Waals surface area contributed by atoms with E-state index in [1.165, 1.54) is 25.6 Å². The van der Waals surface area contributed by atoms with E-state index in [9.17, 15) is 16.9 Å². The molecule has 3 aromatic rings. The predicted molar refractivity (Wildman–Crippen MR) is 136 cm³/mol. The van der Waals surface area contributed by atoms with Crippen molar-refractivity contribution in [3.63, 3.8) is 0 Å². The maximum absolute atomic E-state index is 13.6. The first-order valence-electron chi connectivity index (χ1n) is 11.9. The van der Waals surface area contributed by atoms with E-state index in [1.54, 1.807) is 12.1 Å². The third kappa shape index (κ3) is 5.75. The number of nitrogens with zero attached hydrogens (tertiary/aromatic N) is 2. The summed E-state index contributed by atoms with van der Waals surface area (Å²) in [6, 6.07) is 6.74.